The van der Waals surface area contributed by atoms with Crippen LogP contribution in [0.1, 0.15) is 31.4 Å². The van der Waals surface area contributed by atoms with Gasteiger partial charge in [0.25, 0.3) is 0 Å². The number of aliphatic carboxylic acids is 1. The molecule has 2 aromatic carbocycles. The van der Waals surface area contributed by atoms with E-state index in [2.05, 4.69) is 5.32 Å². The van der Waals surface area contributed by atoms with Crippen molar-refractivity contribution < 1.29 is 24.2 Å². The third kappa shape index (κ3) is 4.28. The van der Waals surface area contributed by atoms with E-state index in [1.165, 1.54) is 0 Å². The lowest BCUT2D eigenvalue weighted by atomic mass is 10.0. The maximum absolute atomic E-state index is 12.3. The van der Waals surface area contributed by atoms with E-state index in [9.17, 15) is 9.59 Å². The molecule has 6 nitrogen and oxygen atoms in total. The highest BCUT2D eigenvalue weighted by atomic mass is 16.5. The van der Waals surface area contributed by atoms with Crippen molar-refractivity contribution in [3.05, 3.63) is 54.1 Å². The minimum absolute atomic E-state index is 0.211. The van der Waals surface area contributed by atoms with Crippen LogP contribution in [0.5, 0.6) is 5.75 Å². The lowest BCUT2D eigenvalue weighted by Crippen LogP contribution is -2.37. The van der Waals surface area contributed by atoms with E-state index < -0.39 is 18.2 Å². The molecule has 2 aromatic rings. The van der Waals surface area contributed by atoms with E-state index in [0.717, 1.165) is 22.4 Å². The van der Waals surface area contributed by atoms with Crippen molar-refractivity contribution in [2.24, 2.45) is 0 Å². The first-order chi connectivity index (χ1) is 13.0. The van der Waals surface area contributed by atoms with Gasteiger partial charge in [-0.15, -0.1) is 0 Å². The Morgan fingerprint density at radius 2 is 1.78 bits per heavy atom. The summed E-state index contributed by atoms with van der Waals surface area (Å²) in [7, 11) is 1.64. The number of para-hydroxylation sites is 1. The zero-order valence-corrected chi connectivity index (χ0v) is 15.3. The average molecular weight is 369 g/mol. The average Bonchev–Trinajstić information content (AvgIpc) is 3.19. The van der Waals surface area contributed by atoms with Gasteiger partial charge in [0, 0.05) is 5.56 Å². The predicted molar refractivity (Wildman–Crippen MR) is 101 cm³/mol. The highest BCUT2D eigenvalue weighted by Gasteiger charge is 2.35. The summed E-state index contributed by atoms with van der Waals surface area (Å²) in [5.41, 5.74) is 2.98. The summed E-state index contributed by atoms with van der Waals surface area (Å²) >= 11 is 0. The molecule has 1 unspecified atom stereocenters. The summed E-state index contributed by atoms with van der Waals surface area (Å²) in [4.78, 5) is 23.3. The lowest BCUT2D eigenvalue weighted by Gasteiger charge is -2.18. The molecule has 1 amide bonds. The minimum Gasteiger partial charge on any atom is -0.496 e. The number of ether oxygens (including phenoxy) is 2. The van der Waals surface area contributed by atoms with Crippen LogP contribution < -0.4 is 10.1 Å². The summed E-state index contributed by atoms with van der Waals surface area (Å²) in [6.45, 7) is 1.89. The number of carboxylic acid groups (broad SMARTS) is 1. The summed E-state index contributed by atoms with van der Waals surface area (Å²) in [6, 6.07) is 15.5. The fraction of sp³-hybridized carbons (Fsp3) is 0.333. The van der Waals surface area contributed by atoms with Crippen LogP contribution >= 0.6 is 0 Å². The molecule has 0 aromatic heterocycles. The normalized spacial score (nSPS) is 20.1. The maximum atomic E-state index is 12.3. The third-order valence-corrected chi connectivity index (χ3v) is 4.77. The van der Waals surface area contributed by atoms with Crippen LogP contribution in [0.2, 0.25) is 0 Å². The first-order valence-corrected chi connectivity index (χ1v) is 8.91. The molecule has 1 saturated heterocycles. The topological polar surface area (TPSA) is 84.9 Å². The second-order valence-corrected chi connectivity index (χ2v) is 6.58. The lowest BCUT2D eigenvalue weighted by molar-refractivity contribution is -0.151. The summed E-state index contributed by atoms with van der Waals surface area (Å²) in [5, 5.41) is 11.9. The zero-order valence-electron chi connectivity index (χ0n) is 15.3. The quantitative estimate of drug-likeness (QED) is 0.817. The molecule has 3 atom stereocenters. The monoisotopic (exact) mass is 369 g/mol. The van der Waals surface area contributed by atoms with Gasteiger partial charge in [-0.3, -0.25) is 4.79 Å². The number of rotatable bonds is 6. The van der Waals surface area contributed by atoms with E-state index in [1.807, 2.05) is 55.5 Å². The van der Waals surface area contributed by atoms with Crippen LogP contribution in [0.3, 0.4) is 0 Å². The molecular weight excluding hydrogens is 346 g/mol. The van der Waals surface area contributed by atoms with Crippen molar-refractivity contribution in [3.8, 4) is 16.9 Å². The molecule has 1 aliphatic rings. The van der Waals surface area contributed by atoms with Crippen molar-refractivity contribution in [3.63, 3.8) is 0 Å². The zero-order chi connectivity index (χ0) is 19.4. The number of carbonyl (C=O) groups excluding carboxylic acids is 1. The van der Waals surface area contributed by atoms with Crippen LogP contribution in [0.4, 0.5) is 0 Å². The summed E-state index contributed by atoms with van der Waals surface area (Å²) in [5.74, 6) is -0.497. The number of hydrogen-bond donors (Lipinski definition) is 2. The van der Waals surface area contributed by atoms with E-state index in [-0.39, 0.29) is 11.9 Å². The van der Waals surface area contributed by atoms with Crippen molar-refractivity contribution in [2.45, 2.75) is 38.0 Å². The Balaban J connectivity index is 1.65. The number of hydrogen-bond acceptors (Lipinski definition) is 4. The molecule has 6 heteroatoms. The largest absolute Gasteiger partial charge is 0.496 e. The van der Waals surface area contributed by atoms with Crippen molar-refractivity contribution in [2.75, 3.05) is 7.11 Å². The molecule has 1 heterocycles. The molecule has 0 bridgehead atoms. The maximum Gasteiger partial charge on any atom is 0.332 e. The Morgan fingerprint density at radius 3 is 2.41 bits per heavy atom. The molecule has 0 saturated carbocycles. The molecule has 142 valence electrons. The Labute approximate surface area is 158 Å². The van der Waals surface area contributed by atoms with Gasteiger partial charge in [0.15, 0.2) is 6.10 Å². The van der Waals surface area contributed by atoms with E-state index in [1.54, 1.807) is 7.11 Å². The summed E-state index contributed by atoms with van der Waals surface area (Å²) in [6.07, 6.45) is -0.824. The number of methoxy groups -OCH3 is 1. The van der Waals surface area contributed by atoms with E-state index >= 15 is 0 Å². The Morgan fingerprint density at radius 1 is 1.11 bits per heavy atom. The van der Waals surface area contributed by atoms with Gasteiger partial charge in [0.05, 0.1) is 13.2 Å². The fourth-order valence-corrected chi connectivity index (χ4v) is 3.24. The molecule has 2 N–H and O–H groups in total. The van der Waals surface area contributed by atoms with Gasteiger partial charge >= 0.3 is 5.97 Å². The Hall–Kier alpha value is -2.86. The molecule has 27 heavy (non-hydrogen) atoms. The number of amides is 1. The van der Waals surface area contributed by atoms with Gasteiger partial charge in [0.1, 0.15) is 11.9 Å². The second kappa shape index (κ2) is 8.22. The Bertz CT molecular complexity index is 818. The highest BCUT2D eigenvalue weighted by molar-refractivity contribution is 5.83. The molecule has 0 aliphatic carbocycles. The highest BCUT2D eigenvalue weighted by Crippen LogP contribution is 2.30. The number of benzene rings is 2. The third-order valence-electron chi connectivity index (χ3n) is 4.77. The number of carboxylic acids is 1. The molecule has 1 fully saturated rings. The van der Waals surface area contributed by atoms with Crippen LogP contribution in [-0.4, -0.2) is 36.3 Å². The van der Waals surface area contributed by atoms with Crippen LogP contribution in [-0.2, 0) is 14.3 Å². The summed E-state index contributed by atoms with van der Waals surface area (Å²) < 4.78 is 10.7. The van der Waals surface area contributed by atoms with Gasteiger partial charge in [-0.05, 0) is 37.0 Å². The molecule has 0 spiro atoms. The predicted octanol–water partition coefficient (Wildman–Crippen LogP) is 3.17. The van der Waals surface area contributed by atoms with Crippen molar-refractivity contribution >= 4 is 11.9 Å². The molecule has 1 aliphatic heterocycles. The van der Waals surface area contributed by atoms with Gasteiger partial charge < -0.3 is 19.9 Å². The first-order valence-electron chi connectivity index (χ1n) is 8.91. The minimum atomic E-state index is -1.02. The van der Waals surface area contributed by atoms with Crippen molar-refractivity contribution in [1.82, 2.24) is 5.32 Å². The van der Waals surface area contributed by atoms with Gasteiger partial charge in [0.2, 0.25) is 5.91 Å². The van der Waals surface area contributed by atoms with Crippen LogP contribution in [0.25, 0.3) is 11.1 Å². The molecular formula is C21H23NO5. The van der Waals surface area contributed by atoms with Gasteiger partial charge in [-0.25, -0.2) is 4.79 Å². The van der Waals surface area contributed by atoms with E-state index in [4.69, 9.17) is 14.6 Å². The smallest absolute Gasteiger partial charge is 0.332 e. The first kappa shape index (κ1) is 18.9. The fourth-order valence-electron chi connectivity index (χ4n) is 3.24. The molecule has 0 radical (unpaired) electrons. The second-order valence-electron chi connectivity index (χ2n) is 6.58. The Kier molecular flexibility index (Phi) is 5.76. The van der Waals surface area contributed by atoms with Crippen molar-refractivity contribution in [1.29, 1.82) is 0 Å². The SMILES string of the molecule is COc1ccccc1-c1ccc(C(C)NC(=O)[C@@H]2CC[C@H](C(=O)O)O2)cc1. The van der Waals surface area contributed by atoms with Gasteiger partial charge in [-0.1, -0.05) is 42.5 Å². The van der Waals surface area contributed by atoms with Crippen LogP contribution in [0, 0.1) is 0 Å². The van der Waals surface area contributed by atoms with Gasteiger partial charge in [-0.2, -0.15) is 0 Å². The van der Waals surface area contributed by atoms with E-state index in [0.29, 0.717) is 12.8 Å². The number of nitrogens with one attached hydrogen (secondary N) is 1. The standard InChI is InChI=1S/C21H23NO5/c1-13(22-20(23)18-11-12-19(27-18)21(24)25)14-7-9-15(10-8-14)16-5-3-4-6-17(16)26-2/h3-10,13,18-19H,11-12H2,1-2H3,(H,22,23)(H,24,25)/t13?,18-,19+/m0/s1. The molecule has 3 rings (SSSR count). The van der Waals surface area contributed by atoms with Crippen LogP contribution in [0.15, 0.2) is 48.5 Å². The number of carbonyl (C=O) groups is 2.